The molecule has 6 heteroatoms. The third-order valence-corrected chi connectivity index (χ3v) is 5.58. The van der Waals surface area contributed by atoms with Crippen LogP contribution in [0.5, 0.6) is 23.0 Å². The number of esters is 1. The molecule has 0 bridgehead atoms. The minimum absolute atomic E-state index is 0.377. The number of nitrogens with zero attached hydrogens (tertiary/aromatic N) is 1. The lowest BCUT2D eigenvalue weighted by atomic mass is 9.96. The second kappa shape index (κ2) is 8.92. The summed E-state index contributed by atoms with van der Waals surface area (Å²) in [6, 6.07) is 7.32. The molecule has 3 aromatic rings. The molecule has 0 fully saturated rings. The van der Waals surface area contributed by atoms with Gasteiger partial charge in [0, 0.05) is 29.3 Å². The van der Waals surface area contributed by atoms with Gasteiger partial charge >= 0.3 is 5.97 Å². The first-order valence-electron chi connectivity index (χ1n) is 9.96. The maximum atomic E-state index is 11.9. The monoisotopic (exact) mass is 427 g/mol. The average molecular weight is 428 g/mol. The largest absolute Gasteiger partial charge is 0.497 e. The van der Waals surface area contributed by atoms with Gasteiger partial charge in [0.05, 0.1) is 23.0 Å². The van der Waals surface area contributed by atoms with E-state index in [0.29, 0.717) is 35.1 Å². The number of benzene rings is 2. The van der Waals surface area contributed by atoms with Crippen molar-refractivity contribution < 1.29 is 19.0 Å². The molecule has 0 unspecified atom stereocenters. The Morgan fingerprint density at radius 1 is 1.00 bits per heavy atom. The van der Waals surface area contributed by atoms with E-state index in [2.05, 4.69) is 0 Å². The molecule has 2 aromatic carbocycles. The number of aromatic nitrogens is 1. The molecule has 0 aliphatic rings. The van der Waals surface area contributed by atoms with Crippen LogP contribution < -0.4 is 14.2 Å². The Morgan fingerprint density at radius 2 is 1.60 bits per heavy atom. The highest BCUT2D eigenvalue weighted by molar-refractivity contribution is 6.34. The van der Waals surface area contributed by atoms with Crippen molar-refractivity contribution in [3.05, 3.63) is 51.7 Å². The molecule has 0 saturated carbocycles. The van der Waals surface area contributed by atoms with Crippen molar-refractivity contribution in [3.63, 3.8) is 0 Å². The molecule has 0 amide bonds. The van der Waals surface area contributed by atoms with Crippen LogP contribution >= 0.6 is 11.6 Å². The number of fused-ring (bicyclic) bond motifs is 1. The normalized spacial score (nSPS) is 10.9. The van der Waals surface area contributed by atoms with Gasteiger partial charge in [0.15, 0.2) is 0 Å². The summed E-state index contributed by atoms with van der Waals surface area (Å²) in [4.78, 5) is 16.7. The van der Waals surface area contributed by atoms with E-state index in [1.165, 1.54) is 6.92 Å². The molecular weight excluding hydrogens is 402 g/mol. The zero-order valence-corrected chi connectivity index (χ0v) is 18.9. The number of methoxy groups -OCH3 is 1. The van der Waals surface area contributed by atoms with Crippen molar-refractivity contribution in [2.75, 3.05) is 7.11 Å². The van der Waals surface area contributed by atoms with Crippen LogP contribution in [0, 0.1) is 13.8 Å². The minimum Gasteiger partial charge on any atom is -0.497 e. The van der Waals surface area contributed by atoms with Gasteiger partial charge in [-0.3, -0.25) is 9.78 Å². The van der Waals surface area contributed by atoms with Crippen molar-refractivity contribution >= 4 is 28.5 Å². The Hall–Kier alpha value is -2.79. The standard InChI is InChI=1S/C24H26ClNO4/c1-7-18-20-22(26-14(4)13(3)23(20)29-15(5)27)19(8-2)21(25)24(18)30-17-11-9-16(28-6)10-12-17/h9-12H,7-8H2,1-6H3. The highest BCUT2D eigenvalue weighted by atomic mass is 35.5. The van der Waals surface area contributed by atoms with Gasteiger partial charge in [0.1, 0.15) is 23.0 Å². The maximum absolute atomic E-state index is 11.9. The van der Waals surface area contributed by atoms with Crippen LogP contribution in [-0.4, -0.2) is 18.1 Å². The summed E-state index contributed by atoms with van der Waals surface area (Å²) in [6.07, 6.45) is 1.29. The molecule has 0 spiro atoms. The Balaban J connectivity index is 2.35. The fraction of sp³-hybridized carbons (Fsp3) is 0.333. The summed E-state index contributed by atoms with van der Waals surface area (Å²) < 4.78 is 17.1. The van der Waals surface area contributed by atoms with Crippen LogP contribution in [0.3, 0.4) is 0 Å². The zero-order valence-electron chi connectivity index (χ0n) is 18.2. The van der Waals surface area contributed by atoms with Gasteiger partial charge in [-0.2, -0.15) is 0 Å². The Labute approximate surface area is 181 Å². The highest BCUT2D eigenvalue weighted by Crippen LogP contribution is 2.46. The number of carbonyl (C=O) groups excluding carboxylic acids is 1. The first-order valence-corrected chi connectivity index (χ1v) is 10.3. The SMILES string of the molecule is CCc1c(Cl)c(Oc2ccc(OC)cc2)c(CC)c2c(OC(C)=O)c(C)c(C)nc12. The smallest absolute Gasteiger partial charge is 0.308 e. The molecule has 3 rings (SSSR count). The lowest BCUT2D eigenvalue weighted by molar-refractivity contribution is -0.131. The van der Waals surface area contributed by atoms with Gasteiger partial charge in [0.2, 0.25) is 0 Å². The highest BCUT2D eigenvalue weighted by Gasteiger charge is 2.25. The summed E-state index contributed by atoms with van der Waals surface area (Å²) >= 11 is 6.83. The second-order valence-electron chi connectivity index (χ2n) is 7.05. The van der Waals surface area contributed by atoms with Gasteiger partial charge in [-0.1, -0.05) is 25.4 Å². The predicted molar refractivity (Wildman–Crippen MR) is 119 cm³/mol. The van der Waals surface area contributed by atoms with E-state index in [1.807, 2.05) is 52.0 Å². The molecule has 0 saturated heterocycles. The van der Waals surface area contributed by atoms with Crippen LogP contribution in [0.25, 0.3) is 10.9 Å². The topological polar surface area (TPSA) is 57.7 Å². The Morgan fingerprint density at radius 3 is 2.13 bits per heavy atom. The summed E-state index contributed by atoms with van der Waals surface area (Å²) in [5.74, 6) is 2.08. The van der Waals surface area contributed by atoms with Crippen molar-refractivity contribution in [3.8, 4) is 23.0 Å². The van der Waals surface area contributed by atoms with Crippen LogP contribution in [0.15, 0.2) is 24.3 Å². The number of aryl methyl sites for hydroxylation is 3. The first kappa shape index (κ1) is 21.9. The number of carbonyl (C=O) groups is 1. The number of ether oxygens (including phenoxy) is 3. The Kier molecular flexibility index (Phi) is 6.52. The average Bonchev–Trinajstić information content (AvgIpc) is 2.73. The molecule has 0 radical (unpaired) electrons. The summed E-state index contributed by atoms with van der Waals surface area (Å²) in [7, 11) is 1.62. The summed E-state index contributed by atoms with van der Waals surface area (Å²) in [5.41, 5.74) is 4.10. The van der Waals surface area contributed by atoms with Crippen molar-refractivity contribution in [2.24, 2.45) is 0 Å². The van der Waals surface area contributed by atoms with Gasteiger partial charge in [-0.05, 0) is 51.0 Å². The van der Waals surface area contributed by atoms with Crippen LogP contribution in [0.1, 0.15) is 43.2 Å². The fourth-order valence-corrected chi connectivity index (χ4v) is 3.93. The van der Waals surface area contributed by atoms with Crippen LogP contribution in [0.4, 0.5) is 0 Å². The molecule has 0 N–H and O–H groups in total. The van der Waals surface area contributed by atoms with Crippen molar-refractivity contribution in [1.29, 1.82) is 0 Å². The van der Waals surface area contributed by atoms with E-state index < -0.39 is 0 Å². The number of halogens is 1. The number of hydrogen-bond acceptors (Lipinski definition) is 5. The minimum atomic E-state index is -0.377. The lowest BCUT2D eigenvalue weighted by Crippen LogP contribution is -2.08. The first-order chi connectivity index (χ1) is 14.3. The van der Waals surface area contributed by atoms with Gasteiger partial charge in [-0.15, -0.1) is 0 Å². The van der Waals surface area contributed by atoms with Gasteiger partial charge in [0.25, 0.3) is 0 Å². The number of hydrogen-bond donors (Lipinski definition) is 0. The van der Waals surface area contributed by atoms with E-state index in [-0.39, 0.29) is 5.97 Å². The van der Waals surface area contributed by atoms with Crippen LogP contribution in [-0.2, 0) is 17.6 Å². The molecule has 1 heterocycles. The third kappa shape index (κ3) is 3.94. The third-order valence-electron chi connectivity index (χ3n) is 5.18. The predicted octanol–water partition coefficient (Wildman–Crippen LogP) is 6.36. The summed E-state index contributed by atoms with van der Waals surface area (Å²) in [5, 5.41) is 1.31. The number of pyridine rings is 1. The van der Waals surface area contributed by atoms with E-state index in [4.69, 9.17) is 30.8 Å². The molecule has 158 valence electrons. The maximum Gasteiger partial charge on any atom is 0.308 e. The van der Waals surface area contributed by atoms with Crippen molar-refractivity contribution in [1.82, 2.24) is 4.98 Å². The van der Waals surface area contributed by atoms with E-state index in [1.54, 1.807) is 7.11 Å². The van der Waals surface area contributed by atoms with Gasteiger partial charge < -0.3 is 14.2 Å². The van der Waals surface area contributed by atoms with Gasteiger partial charge in [-0.25, -0.2) is 0 Å². The molecule has 0 aliphatic heterocycles. The lowest BCUT2D eigenvalue weighted by Gasteiger charge is -2.21. The van der Waals surface area contributed by atoms with Crippen molar-refractivity contribution in [2.45, 2.75) is 47.5 Å². The van der Waals surface area contributed by atoms with Crippen LogP contribution in [0.2, 0.25) is 5.02 Å². The second-order valence-corrected chi connectivity index (χ2v) is 7.43. The van der Waals surface area contributed by atoms with E-state index in [9.17, 15) is 4.79 Å². The molecule has 0 aliphatic carbocycles. The quantitative estimate of drug-likeness (QED) is 0.428. The zero-order chi connectivity index (χ0) is 22.0. The fourth-order valence-electron chi connectivity index (χ4n) is 3.55. The molecular formula is C24H26ClNO4. The molecule has 0 atom stereocenters. The number of rotatable bonds is 6. The molecule has 30 heavy (non-hydrogen) atoms. The summed E-state index contributed by atoms with van der Waals surface area (Å²) in [6.45, 7) is 9.25. The molecule has 1 aromatic heterocycles. The van der Waals surface area contributed by atoms with E-state index >= 15 is 0 Å². The Bertz CT molecular complexity index is 1110. The molecule has 5 nitrogen and oxygen atoms in total. The van der Waals surface area contributed by atoms with E-state index in [0.717, 1.165) is 39.0 Å².